The van der Waals surface area contributed by atoms with Crippen molar-refractivity contribution in [2.24, 2.45) is 5.73 Å². The fraction of sp³-hybridized carbons (Fsp3) is 0.176. The van der Waals surface area contributed by atoms with Gasteiger partial charge in [0.25, 0.3) is 0 Å². The summed E-state index contributed by atoms with van der Waals surface area (Å²) in [6.45, 7) is -0.323. The van der Waals surface area contributed by atoms with Gasteiger partial charge in [-0.25, -0.2) is 13.2 Å². The van der Waals surface area contributed by atoms with Gasteiger partial charge >= 0.3 is 18.1 Å². The highest BCUT2D eigenvalue weighted by atomic mass is 32.2. The predicted molar refractivity (Wildman–Crippen MR) is 96.4 cm³/mol. The van der Waals surface area contributed by atoms with Crippen molar-refractivity contribution in [1.29, 1.82) is 0 Å². The lowest BCUT2D eigenvalue weighted by Crippen LogP contribution is -2.45. The number of carboxylic acids is 2. The summed E-state index contributed by atoms with van der Waals surface area (Å²) in [6, 6.07) is 14.3. The first-order chi connectivity index (χ1) is 13.4. The molecule has 0 amide bonds. The molecule has 0 heterocycles. The number of nitrogens with two attached hydrogens (primary N) is 1. The molecule has 12 heteroatoms. The van der Waals surface area contributed by atoms with Crippen LogP contribution in [-0.2, 0) is 19.6 Å². The van der Waals surface area contributed by atoms with E-state index in [1.807, 2.05) is 30.3 Å². The average molecular weight is 434 g/mol. The van der Waals surface area contributed by atoms with Crippen LogP contribution in [0.1, 0.15) is 0 Å². The highest BCUT2D eigenvalue weighted by molar-refractivity contribution is 7.89. The molecule has 29 heavy (non-hydrogen) atoms. The van der Waals surface area contributed by atoms with Crippen LogP contribution in [0.3, 0.4) is 0 Å². The van der Waals surface area contributed by atoms with Crippen LogP contribution in [0.15, 0.2) is 59.5 Å². The molecule has 0 aliphatic heterocycles. The number of carbonyl (C=O) groups is 2. The fourth-order valence-corrected chi connectivity index (χ4v) is 3.11. The first-order valence-electron chi connectivity index (χ1n) is 7.79. The molecule has 158 valence electrons. The highest BCUT2D eigenvalue weighted by Gasteiger charge is 2.38. The predicted octanol–water partition coefficient (Wildman–Crippen LogP) is 1.68. The molecule has 2 rings (SSSR count). The van der Waals surface area contributed by atoms with E-state index in [2.05, 4.69) is 4.72 Å². The summed E-state index contributed by atoms with van der Waals surface area (Å²) < 4.78 is 58.0. The Labute approximate surface area is 163 Å². The molecule has 0 aromatic heterocycles. The van der Waals surface area contributed by atoms with Gasteiger partial charge in [-0.05, 0) is 23.3 Å². The Bertz CT molecular complexity index is 932. The van der Waals surface area contributed by atoms with Crippen LogP contribution in [0, 0.1) is 0 Å². The van der Waals surface area contributed by atoms with Crippen molar-refractivity contribution in [2.75, 3.05) is 6.54 Å². The Kier molecular flexibility index (Phi) is 8.30. The van der Waals surface area contributed by atoms with E-state index < -0.39 is 34.2 Å². The summed E-state index contributed by atoms with van der Waals surface area (Å²) in [7, 11) is -3.93. The molecule has 2 aromatic rings. The molecule has 8 nitrogen and oxygen atoms in total. The molecule has 5 N–H and O–H groups in total. The summed E-state index contributed by atoms with van der Waals surface area (Å²) >= 11 is 0. The molecule has 0 saturated heterocycles. The van der Waals surface area contributed by atoms with Crippen molar-refractivity contribution >= 4 is 22.0 Å². The summed E-state index contributed by atoms with van der Waals surface area (Å²) in [5.74, 6) is -4.07. The third kappa shape index (κ3) is 7.52. The smallest absolute Gasteiger partial charge is 0.480 e. The Morgan fingerprint density at radius 3 is 1.79 bits per heavy atom. The molecule has 0 spiro atoms. The first-order valence-corrected chi connectivity index (χ1v) is 9.27. The topological polar surface area (TPSA) is 147 Å². The zero-order valence-corrected chi connectivity index (χ0v) is 15.4. The van der Waals surface area contributed by atoms with Crippen LogP contribution >= 0.6 is 0 Å². The number of nitrogens with one attached hydrogen (secondary N) is 1. The lowest BCUT2D eigenvalue weighted by atomic mass is 10.1. The van der Waals surface area contributed by atoms with Crippen LogP contribution in [0.5, 0.6) is 0 Å². The third-order valence-corrected chi connectivity index (χ3v) is 4.83. The van der Waals surface area contributed by atoms with E-state index >= 15 is 0 Å². The first kappa shape index (κ1) is 24.1. The van der Waals surface area contributed by atoms with Crippen LogP contribution < -0.4 is 10.5 Å². The largest absolute Gasteiger partial charge is 0.490 e. The van der Waals surface area contributed by atoms with Gasteiger partial charge in [-0.3, -0.25) is 4.79 Å². The Balaban J connectivity index is 0.000000516. The molecule has 2 aromatic carbocycles. The van der Waals surface area contributed by atoms with Gasteiger partial charge in [-0.1, -0.05) is 42.5 Å². The van der Waals surface area contributed by atoms with Gasteiger partial charge in [0.2, 0.25) is 10.0 Å². The lowest BCUT2D eigenvalue weighted by Gasteiger charge is -2.13. The van der Waals surface area contributed by atoms with Crippen molar-refractivity contribution in [3.8, 4) is 11.1 Å². The quantitative estimate of drug-likeness (QED) is 0.541. The molecule has 0 aliphatic carbocycles. The normalized spacial score (nSPS) is 12.4. The average Bonchev–Trinajstić information content (AvgIpc) is 2.66. The van der Waals surface area contributed by atoms with Gasteiger partial charge in [-0.15, -0.1) is 0 Å². The Morgan fingerprint density at radius 1 is 0.966 bits per heavy atom. The standard InChI is InChI=1S/C15H16N2O4S.C2HF3O2/c16-10-14(15(18)19)17-22(20,21)13-8-6-12(7-9-13)11-4-2-1-3-5-11;3-2(4,5)1(6)7/h1-9,14,17H,10,16H2,(H,18,19);(H,6,7)/t14-;/m0./s1. The van der Waals surface area contributed by atoms with Crippen molar-refractivity contribution in [2.45, 2.75) is 17.1 Å². The van der Waals surface area contributed by atoms with E-state index in [1.165, 1.54) is 12.1 Å². The molecule has 1 atom stereocenters. The van der Waals surface area contributed by atoms with Gasteiger partial charge < -0.3 is 15.9 Å². The summed E-state index contributed by atoms with van der Waals surface area (Å²) in [4.78, 5) is 19.8. The maximum atomic E-state index is 12.1. The van der Waals surface area contributed by atoms with Crippen LogP contribution in [0.25, 0.3) is 11.1 Å². The SMILES string of the molecule is NC[C@H](NS(=O)(=O)c1ccc(-c2ccccc2)cc1)C(=O)O.O=C(O)C(F)(F)F. The number of hydrogen-bond acceptors (Lipinski definition) is 5. The minimum absolute atomic E-state index is 0.00752. The van der Waals surface area contributed by atoms with Crippen molar-refractivity contribution in [1.82, 2.24) is 4.72 Å². The third-order valence-electron chi connectivity index (χ3n) is 3.35. The second kappa shape index (κ2) is 10.0. The van der Waals surface area contributed by atoms with Crippen LogP contribution in [0.2, 0.25) is 0 Å². The number of halogens is 3. The minimum Gasteiger partial charge on any atom is -0.480 e. The number of rotatable bonds is 6. The number of aliphatic carboxylic acids is 2. The van der Waals surface area contributed by atoms with Crippen molar-refractivity contribution in [3.63, 3.8) is 0 Å². The van der Waals surface area contributed by atoms with Gasteiger partial charge in [0.1, 0.15) is 6.04 Å². The van der Waals surface area contributed by atoms with Gasteiger partial charge in [0.15, 0.2) is 0 Å². The zero-order chi connectivity index (χ0) is 22.2. The summed E-state index contributed by atoms with van der Waals surface area (Å²) in [5.41, 5.74) is 7.08. The number of hydrogen-bond donors (Lipinski definition) is 4. The van der Waals surface area contributed by atoms with E-state index in [9.17, 15) is 26.4 Å². The second-order valence-electron chi connectivity index (χ2n) is 5.44. The van der Waals surface area contributed by atoms with Gasteiger partial charge in [-0.2, -0.15) is 17.9 Å². The van der Waals surface area contributed by atoms with Gasteiger partial charge in [0.05, 0.1) is 4.90 Å². The molecule has 0 saturated carbocycles. The molecular formula is C17H17F3N2O6S. The van der Waals surface area contributed by atoms with E-state index in [-0.39, 0.29) is 11.4 Å². The fourth-order valence-electron chi connectivity index (χ4n) is 1.91. The number of benzene rings is 2. The van der Waals surface area contributed by atoms with Crippen LogP contribution in [0.4, 0.5) is 13.2 Å². The second-order valence-corrected chi connectivity index (χ2v) is 7.16. The highest BCUT2D eigenvalue weighted by Crippen LogP contribution is 2.21. The number of alkyl halides is 3. The summed E-state index contributed by atoms with van der Waals surface area (Å²) in [5, 5.41) is 16.0. The van der Waals surface area contributed by atoms with Gasteiger partial charge in [0, 0.05) is 6.54 Å². The maximum Gasteiger partial charge on any atom is 0.490 e. The van der Waals surface area contributed by atoms with Crippen molar-refractivity contribution in [3.05, 3.63) is 54.6 Å². The lowest BCUT2D eigenvalue weighted by molar-refractivity contribution is -0.192. The summed E-state index contributed by atoms with van der Waals surface area (Å²) in [6.07, 6.45) is -5.08. The van der Waals surface area contributed by atoms with E-state index in [0.717, 1.165) is 11.1 Å². The molecule has 0 bridgehead atoms. The maximum absolute atomic E-state index is 12.1. The van der Waals surface area contributed by atoms with E-state index in [4.69, 9.17) is 20.7 Å². The molecule has 0 aliphatic rings. The monoisotopic (exact) mass is 434 g/mol. The van der Waals surface area contributed by atoms with E-state index in [0.29, 0.717) is 0 Å². The van der Waals surface area contributed by atoms with E-state index in [1.54, 1.807) is 12.1 Å². The minimum atomic E-state index is -5.08. The molecule has 0 unspecified atom stereocenters. The molecular weight excluding hydrogens is 417 g/mol. The number of sulfonamides is 1. The zero-order valence-electron chi connectivity index (χ0n) is 14.6. The number of carboxylic acid groups (broad SMARTS) is 2. The molecule has 0 radical (unpaired) electrons. The molecule has 0 fully saturated rings. The Hall–Kier alpha value is -2.96. The van der Waals surface area contributed by atoms with Crippen LogP contribution in [-0.4, -0.2) is 49.3 Å². The van der Waals surface area contributed by atoms with Crippen molar-refractivity contribution < 1.29 is 41.4 Å². The Morgan fingerprint density at radius 2 is 1.41 bits per heavy atom.